The van der Waals surface area contributed by atoms with Gasteiger partial charge in [-0.2, -0.15) is 0 Å². The van der Waals surface area contributed by atoms with Crippen molar-refractivity contribution in [3.63, 3.8) is 0 Å². The minimum atomic E-state index is 0.480. The van der Waals surface area contributed by atoms with Crippen LogP contribution in [0.2, 0.25) is 0 Å². The first-order valence-electron chi connectivity index (χ1n) is 8.74. The number of benzene rings is 1. The van der Waals surface area contributed by atoms with Crippen LogP contribution in [0.5, 0.6) is 0 Å². The molecule has 130 valence electrons. The third-order valence-corrected chi connectivity index (χ3v) is 4.31. The van der Waals surface area contributed by atoms with Crippen molar-refractivity contribution < 1.29 is 0 Å². The molecule has 0 aliphatic heterocycles. The Morgan fingerprint density at radius 1 is 1.15 bits per heavy atom. The number of hydrogen-bond acceptors (Lipinski definition) is 4. The van der Waals surface area contributed by atoms with Crippen LogP contribution >= 0.6 is 0 Å². The molecule has 0 unspecified atom stereocenters. The molecule has 4 aromatic rings. The van der Waals surface area contributed by atoms with Crippen LogP contribution in [0.1, 0.15) is 25.0 Å². The lowest BCUT2D eigenvalue weighted by atomic mass is 10.1. The fourth-order valence-electron chi connectivity index (χ4n) is 3.18. The number of nitrogens with zero attached hydrogens (tertiary/aromatic N) is 4. The number of nitrogen functional groups attached to an aromatic ring is 1. The van der Waals surface area contributed by atoms with Crippen LogP contribution in [0.3, 0.4) is 0 Å². The smallest absolute Gasteiger partial charge is 0.152 e. The van der Waals surface area contributed by atoms with E-state index in [-0.39, 0.29) is 0 Å². The zero-order chi connectivity index (χ0) is 18.1. The van der Waals surface area contributed by atoms with Crippen molar-refractivity contribution in [3.8, 4) is 0 Å². The van der Waals surface area contributed by atoms with Crippen molar-refractivity contribution in [1.82, 2.24) is 19.5 Å². The van der Waals surface area contributed by atoms with Crippen molar-refractivity contribution in [2.45, 2.75) is 20.4 Å². The molecule has 0 saturated heterocycles. The molecule has 3 aromatic heterocycles. The Balaban J connectivity index is 1.86. The molecule has 0 aliphatic carbocycles. The number of fused-ring (bicyclic) bond motifs is 3. The average molecular weight is 343 g/mol. The van der Waals surface area contributed by atoms with E-state index in [9.17, 15) is 0 Å². The maximum absolute atomic E-state index is 6.13. The fraction of sp³-hybridized carbons (Fsp3) is 0.190. The zero-order valence-electron chi connectivity index (χ0n) is 14.9. The molecule has 3 heterocycles. The quantitative estimate of drug-likeness (QED) is 0.597. The van der Waals surface area contributed by atoms with E-state index >= 15 is 0 Å². The van der Waals surface area contributed by atoms with E-state index in [2.05, 4.69) is 57.7 Å². The van der Waals surface area contributed by atoms with Crippen LogP contribution in [0.25, 0.3) is 34.1 Å². The lowest BCUT2D eigenvalue weighted by Crippen LogP contribution is -2.03. The van der Waals surface area contributed by atoms with Gasteiger partial charge in [0.05, 0.1) is 17.4 Å². The number of nitrogens with two attached hydrogens (primary N) is 1. The maximum atomic E-state index is 6.13. The van der Waals surface area contributed by atoms with Crippen LogP contribution in [0.15, 0.2) is 49.1 Å². The van der Waals surface area contributed by atoms with Gasteiger partial charge in [-0.25, -0.2) is 9.97 Å². The summed E-state index contributed by atoms with van der Waals surface area (Å²) in [6, 6.07) is 10.2. The number of imidazole rings is 1. The van der Waals surface area contributed by atoms with Gasteiger partial charge in [-0.05, 0) is 35.2 Å². The molecule has 26 heavy (non-hydrogen) atoms. The molecule has 0 atom stereocenters. The first-order valence-corrected chi connectivity index (χ1v) is 8.74. The molecule has 0 amide bonds. The molecule has 0 spiro atoms. The Bertz CT molecular complexity index is 1090. The van der Waals surface area contributed by atoms with Crippen molar-refractivity contribution in [1.29, 1.82) is 0 Å². The van der Waals surface area contributed by atoms with Crippen molar-refractivity contribution in [2.75, 3.05) is 5.73 Å². The summed E-state index contributed by atoms with van der Waals surface area (Å²) in [6.45, 7) is 5.28. The average Bonchev–Trinajstić information content (AvgIpc) is 3.05. The molecule has 0 bridgehead atoms. The molecule has 0 aliphatic rings. The maximum Gasteiger partial charge on any atom is 0.152 e. The highest BCUT2D eigenvalue weighted by atomic mass is 15.1. The van der Waals surface area contributed by atoms with Gasteiger partial charge in [0, 0.05) is 24.3 Å². The predicted octanol–water partition coefficient (Wildman–Crippen LogP) is 4.39. The summed E-state index contributed by atoms with van der Waals surface area (Å²) in [5, 5.41) is 1.07. The molecular weight excluding hydrogens is 322 g/mol. The second-order valence-corrected chi connectivity index (χ2v) is 6.88. The lowest BCUT2D eigenvalue weighted by molar-refractivity contribution is 0.533. The SMILES string of the molecule is CC(C)Cn1cnc2c(N)nc3ccc(/C=C/c4cccnc4)cc3c21. The van der Waals surface area contributed by atoms with Crippen LogP contribution in [-0.4, -0.2) is 19.5 Å². The molecule has 5 heteroatoms. The van der Waals surface area contributed by atoms with Crippen molar-refractivity contribution in [2.24, 2.45) is 5.92 Å². The summed E-state index contributed by atoms with van der Waals surface area (Å²) in [5.74, 6) is 0.999. The summed E-state index contributed by atoms with van der Waals surface area (Å²) < 4.78 is 2.18. The molecule has 5 nitrogen and oxygen atoms in total. The van der Waals surface area contributed by atoms with Gasteiger partial charge in [-0.15, -0.1) is 0 Å². The molecule has 0 fully saturated rings. The number of aromatic nitrogens is 4. The normalized spacial score (nSPS) is 12.0. The van der Waals surface area contributed by atoms with Crippen LogP contribution in [0, 0.1) is 5.92 Å². The molecule has 1 aromatic carbocycles. The van der Waals surface area contributed by atoms with E-state index in [0.717, 1.165) is 39.6 Å². The summed E-state index contributed by atoms with van der Waals surface area (Å²) in [5.41, 5.74) is 11.0. The molecule has 4 rings (SSSR count). The largest absolute Gasteiger partial charge is 0.382 e. The van der Waals surface area contributed by atoms with E-state index in [1.54, 1.807) is 6.20 Å². The summed E-state index contributed by atoms with van der Waals surface area (Å²) >= 11 is 0. The Labute approximate surface area is 152 Å². The van der Waals surface area contributed by atoms with Gasteiger partial charge in [-0.1, -0.05) is 38.1 Å². The van der Waals surface area contributed by atoms with Gasteiger partial charge in [-0.3, -0.25) is 4.98 Å². The van der Waals surface area contributed by atoms with Gasteiger partial charge in [0.15, 0.2) is 5.82 Å². The minimum Gasteiger partial charge on any atom is -0.382 e. The van der Waals surface area contributed by atoms with E-state index in [1.807, 2.05) is 30.7 Å². The Hall–Kier alpha value is -3.21. The van der Waals surface area contributed by atoms with Crippen molar-refractivity contribution in [3.05, 3.63) is 60.2 Å². The van der Waals surface area contributed by atoms with Crippen molar-refractivity contribution >= 4 is 39.9 Å². The molecular formula is C21H21N5. The lowest BCUT2D eigenvalue weighted by Gasteiger charge is -2.10. The Kier molecular flexibility index (Phi) is 4.13. The third-order valence-electron chi connectivity index (χ3n) is 4.31. The van der Waals surface area contributed by atoms with E-state index in [1.165, 1.54) is 0 Å². The number of hydrogen-bond donors (Lipinski definition) is 1. The van der Waals surface area contributed by atoms with Gasteiger partial charge < -0.3 is 10.3 Å². The number of pyridine rings is 2. The minimum absolute atomic E-state index is 0.480. The standard InChI is InChI=1S/C21H21N5/c1-14(2)12-26-13-24-19-20(26)17-10-15(7-8-18(17)25-21(19)22)5-6-16-4-3-9-23-11-16/h3-11,13-14H,12H2,1-2H3,(H2,22,25)/b6-5+. The van der Waals surface area contributed by atoms with Gasteiger partial charge in [0.1, 0.15) is 5.52 Å². The van der Waals surface area contributed by atoms with Crippen LogP contribution in [-0.2, 0) is 6.54 Å². The van der Waals surface area contributed by atoms with E-state index < -0.39 is 0 Å². The Morgan fingerprint density at radius 3 is 2.77 bits per heavy atom. The van der Waals surface area contributed by atoms with E-state index in [0.29, 0.717) is 11.7 Å². The highest BCUT2D eigenvalue weighted by Gasteiger charge is 2.13. The topological polar surface area (TPSA) is 69.6 Å². The molecule has 0 radical (unpaired) electrons. The fourth-order valence-corrected chi connectivity index (χ4v) is 3.18. The van der Waals surface area contributed by atoms with Crippen LogP contribution < -0.4 is 5.73 Å². The third kappa shape index (κ3) is 3.04. The second kappa shape index (κ2) is 6.59. The predicted molar refractivity (Wildman–Crippen MR) is 107 cm³/mol. The number of anilines is 1. The van der Waals surface area contributed by atoms with Gasteiger partial charge in [0.2, 0.25) is 0 Å². The first kappa shape index (κ1) is 16.3. The highest BCUT2D eigenvalue weighted by Crippen LogP contribution is 2.29. The summed E-state index contributed by atoms with van der Waals surface area (Å²) in [6.07, 6.45) is 9.62. The van der Waals surface area contributed by atoms with E-state index in [4.69, 9.17) is 5.73 Å². The summed E-state index contributed by atoms with van der Waals surface area (Å²) in [4.78, 5) is 13.2. The second-order valence-electron chi connectivity index (χ2n) is 6.88. The van der Waals surface area contributed by atoms with Gasteiger partial charge >= 0.3 is 0 Å². The Morgan fingerprint density at radius 2 is 2.00 bits per heavy atom. The first-order chi connectivity index (χ1) is 12.6. The zero-order valence-corrected chi connectivity index (χ0v) is 14.9. The molecule has 0 saturated carbocycles. The molecule has 2 N–H and O–H groups in total. The summed E-state index contributed by atoms with van der Waals surface area (Å²) in [7, 11) is 0. The highest BCUT2D eigenvalue weighted by molar-refractivity contribution is 6.07. The monoisotopic (exact) mass is 343 g/mol. The van der Waals surface area contributed by atoms with Gasteiger partial charge in [0.25, 0.3) is 0 Å². The number of rotatable bonds is 4. The van der Waals surface area contributed by atoms with Crippen LogP contribution in [0.4, 0.5) is 5.82 Å².